The second-order valence-corrected chi connectivity index (χ2v) is 3.90. The van der Waals surface area contributed by atoms with Crippen molar-refractivity contribution < 1.29 is 9.59 Å². The van der Waals surface area contributed by atoms with Crippen LogP contribution in [0.25, 0.3) is 21.7 Å². The first-order valence-corrected chi connectivity index (χ1v) is 5.29. The highest BCUT2D eigenvalue weighted by Crippen LogP contribution is 2.28. The molecule has 3 heteroatoms. The van der Waals surface area contributed by atoms with Crippen molar-refractivity contribution in [2.24, 2.45) is 0 Å². The molecule has 1 heterocycles. The van der Waals surface area contributed by atoms with Crippen LogP contribution in [0.15, 0.2) is 36.4 Å². The summed E-state index contributed by atoms with van der Waals surface area (Å²) < 4.78 is 0. The zero-order chi connectivity index (χ0) is 11.8. The van der Waals surface area contributed by atoms with Gasteiger partial charge in [-0.15, -0.1) is 0 Å². The Morgan fingerprint density at radius 2 is 1.76 bits per heavy atom. The van der Waals surface area contributed by atoms with Crippen molar-refractivity contribution in [2.45, 2.75) is 0 Å². The van der Waals surface area contributed by atoms with Crippen molar-refractivity contribution >= 4 is 34.2 Å². The van der Waals surface area contributed by atoms with Crippen LogP contribution < -0.4 is 0 Å². The number of nitrogens with one attached hydrogen (secondary N) is 1. The third-order valence-electron chi connectivity index (χ3n) is 2.99. The monoisotopic (exact) mass is 223 g/mol. The molecule has 3 aromatic rings. The Hall–Kier alpha value is -2.42. The largest absolute Gasteiger partial charge is 0.352 e. The minimum absolute atomic E-state index is 0.339. The predicted molar refractivity (Wildman–Crippen MR) is 66.6 cm³/mol. The van der Waals surface area contributed by atoms with Gasteiger partial charge in [-0.3, -0.25) is 9.59 Å². The molecule has 82 valence electrons. The Morgan fingerprint density at radius 1 is 0.941 bits per heavy atom. The van der Waals surface area contributed by atoms with Gasteiger partial charge in [-0.25, -0.2) is 0 Å². The molecule has 0 atom stereocenters. The third kappa shape index (κ3) is 1.29. The molecule has 0 bridgehead atoms. The van der Waals surface area contributed by atoms with Crippen LogP contribution in [-0.2, 0) is 0 Å². The van der Waals surface area contributed by atoms with Gasteiger partial charge in [0.15, 0.2) is 12.6 Å². The van der Waals surface area contributed by atoms with E-state index in [9.17, 15) is 9.59 Å². The third-order valence-corrected chi connectivity index (χ3v) is 2.99. The van der Waals surface area contributed by atoms with Crippen LogP contribution in [0.4, 0.5) is 0 Å². The highest BCUT2D eigenvalue weighted by atomic mass is 16.1. The fourth-order valence-electron chi connectivity index (χ4n) is 2.23. The zero-order valence-electron chi connectivity index (χ0n) is 8.94. The molecule has 0 saturated heterocycles. The van der Waals surface area contributed by atoms with Crippen molar-refractivity contribution in [1.82, 2.24) is 4.98 Å². The van der Waals surface area contributed by atoms with Crippen LogP contribution >= 0.6 is 0 Å². The average molecular weight is 223 g/mol. The molecule has 3 rings (SSSR count). The lowest BCUT2D eigenvalue weighted by Gasteiger charge is -1.99. The molecule has 17 heavy (non-hydrogen) atoms. The van der Waals surface area contributed by atoms with Gasteiger partial charge < -0.3 is 4.98 Å². The number of benzene rings is 2. The maximum atomic E-state index is 11.1. The molecule has 0 aliphatic rings. The number of carbonyl (C=O) groups excluding carboxylic acids is 2. The van der Waals surface area contributed by atoms with E-state index in [4.69, 9.17) is 0 Å². The molecule has 0 amide bonds. The highest BCUT2D eigenvalue weighted by Gasteiger charge is 2.12. The van der Waals surface area contributed by atoms with Crippen LogP contribution in [0.2, 0.25) is 0 Å². The van der Waals surface area contributed by atoms with E-state index >= 15 is 0 Å². The minimum atomic E-state index is 0.339. The number of rotatable bonds is 2. The zero-order valence-corrected chi connectivity index (χ0v) is 8.94. The fourth-order valence-corrected chi connectivity index (χ4v) is 2.23. The minimum Gasteiger partial charge on any atom is -0.352 e. The normalized spacial score (nSPS) is 10.8. The second kappa shape index (κ2) is 3.56. The molecule has 0 fully saturated rings. The number of aromatic nitrogens is 1. The SMILES string of the molecule is O=Cc1[nH]c2ccc3ccccc3c2c1C=O. The molecule has 0 radical (unpaired) electrons. The van der Waals surface area contributed by atoms with E-state index in [0.29, 0.717) is 17.5 Å². The van der Waals surface area contributed by atoms with Crippen molar-refractivity contribution in [3.05, 3.63) is 47.7 Å². The number of carbonyl (C=O) groups is 2. The van der Waals surface area contributed by atoms with E-state index in [1.165, 1.54) is 0 Å². The summed E-state index contributed by atoms with van der Waals surface area (Å²) in [4.78, 5) is 25.0. The smallest absolute Gasteiger partial charge is 0.167 e. The van der Waals surface area contributed by atoms with Crippen molar-refractivity contribution in [3.63, 3.8) is 0 Å². The standard InChI is InChI=1S/C14H9NO2/c16-7-11-13(8-17)15-12-6-5-9-3-1-2-4-10(9)14(11)12/h1-8,15H. The van der Waals surface area contributed by atoms with Gasteiger partial charge in [-0.2, -0.15) is 0 Å². The van der Waals surface area contributed by atoms with E-state index in [1.807, 2.05) is 36.4 Å². The summed E-state index contributed by atoms with van der Waals surface area (Å²) in [5, 5.41) is 2.86. The van der Waals surface area contributed by atoms with Gasteiger partial charge in [0.2, 0.25) is 0 Å². The fraction of sp³-hybridized carbons (Fsp3) is 0. The maximum Gasteiger partial charge on any atom is 0.167 e. The molecule has 1 N–H and O–H groups in total. The predicted octanol–water partition coefficient (Wildman–Crippen LogP) is 2.95. The molecule has 0 spiro atoms. The summed E-state index contributed by atoms with van der Waals surface area (Å²) in [5.41, 5.74) is 1.59. The molecule has 0 aliphatic heterocycles. The highest BCUT2D eigenvalue weighted by molar-refractivity contribution is 6.16. The van der Waals surface area contributed by atoms with E-state index < -0.39 is 0 Å². The molecular formula is C14H9NO2. The van der Waals surface area contributed by atoms with E-state index in [1.54, 1.807) is 0 Å². The van der Waals surface area contributed by atoms with Gasteiger partial charge in [0.05, 0.1) is 11.3 Å². The van der Waals surface area contributed by atoms with Crippen LogP contribution in [-0.4, -0.2) is 17.6 Å². The van der Waals surface area contributed by atoms with Gasteiger partial charge in [-0.1, -0.05) is 30.3 Å². The molecule has 3 nitrogen and oxygen atoms in total. The molecule has 0 saturated carbocycles. The van der Waals surface area contributed by atoms with Crippen LogP contribution in [0, 0.1) is 0 Å². The summed E-state index contributed by atoms with van der Waals surface area (Å²) in [5.74, 6) is 0. The van der Waals surface area contributed by atoms with Crippen molar-refractivity contribution in [2.75, 3.05) is 0 Å². The summed E-state index contributed by atoms with van der Waals surface area (Å²) in [6.07, 6.45) is 1.41. The van der Waals surface area contributed by atoms with Crippen LogP contribution in [0.1, 0.15) is 20.8 Å². The van der Waals surface area contributed by atoms with E-state index in [2.05, 4.69) is 4.98 Å². The quantitative estimate of drug-likeness (QED) is 0.679. The number of aldehydes is 2. The molecule has 0 aliphatic carbocycles. The molecular weight excluding hydrogens is 214 g/mol. The molecule has 2 aromatic carbocycles. The van der Waals surface area contributed by atoms with Crippen LogP contribution in [0.3, 0.4) is 0 Å². The average Bonchev–Trinajstić information content (AvgIpc) is 2.76. The molecule has 0 unspecified atom stereocenters. The van der Waals surface area contributed by atoms with Crippen molar-refractivity contribution in [1.29, 1.82) is 0 Å². The van der Waals surface area contributed by atoms with Crippen molar-refractivity contribution in [3.8, 4) is 0 Å². The van der Waals surface area contributed by atoms with E-state index in [-0.39, 0.29) is 0 Å². The number of fused-ring (bicyclic) bond motifs is 3. The Morgan fingerprint density at radius 3 is 2.53 bits per heavy atom. The summed E-state index contributed by atoms with van der Waals surface area (Å²) in [6, 6.07) is 11.7. The lowest BCUT2D eigenvalue weighted by Crippen LogP contribution is -1.86. The first kappa shape index (κ1) is 9.78. The first-order valence-electron chi connectivity index (χ1n) is 5.29. The van der Waals surface area contributed by atoms with Gasteiger partial charge in [0.1, 0.15) is 0 Å². The Labute approximate surface area is 97.1 Å². The number of hydrogen-bond acceptors (Lipinski definition) is 2. The lowest BCUT2D eigenvalue weighted by atomic mass is 10.0. The Kier molecular flexibility index (Phi) is 2.05. The number of H-pyrrole nitrogens is 1. The van der Waals surface area contributed by atoms with Gasteiger partial charge in [0.25, 0.3) is 0 Å². The first-order chi connectivity index (χ1) is 8.35. The summed E-state index contributed by atoms with van der Waals surface area (Å²) in [7, 11) is 0. The number of hydrogen-bond donors (Lipinski definition) is 1. The van der Waals surface area contributed by atoms with Crippen LogP contribution in [0.5, 0.6) is 0 Å². The van der Waals surface area contributed by atoms with Gasteiger partial charge >= 0.3 is 0 Å². The summed E-state index contributed by atoms with van der Waals surface area (Å²) >= 11 is 0. The Bertz CT molecular complexity index is 740. The second-order valence-electron chi connectivity index (χ2n) is 3.90. The summed E-state index contributed by atoms with van der Waals surface area (Å²) in [6.45, 7) is 0. The van der Waals surface area contributed by atoms with E-state index in [0.717, 1.165) is 28.0 Å². The topological polar surface area (TPSA) is 49.9 Å². The maximum absolute atomic E-state index is 11.1. The van der Waals surface area contributed by atoms with Gasteiger partial charge in [0, 0.05) is 10.9 Å². The molecule has 1 aromatic heterocycles. The lowest BCUT2D eigenvalue weighted by molar-refractivity contribution is 0.109. The Balaban J connectivity index is 2.60. The van der Waals surface area contributed by atoms with Gasteiger partial charge in [-0.05, 0) is 16.8 Å². The number of aromatic amines is 1.